The summed E-state index contributed by atoms with van der Waals surface area (Å²) in [7, 11) is -3.92. The zero-order valence-electron chi connectivity index (χ0n) is 15.1. The Morgan fingerprint density at radius 3 is 2.63 bits per heavy atom. The topological polar surface area (TPSA) is 147 Å². The van der Waals surface area contributed by atoms with Crippen LogP contribution in [0.1, 0.15) is 26.7 Å². The van der Waals surface area contributed by atoms with Gasteiger partial charge >= 0.3 is 5.97 Å². The maximum atomic E-state index is 12.5. The predicted molar refractivity (Wildman–Crippen MR) is 97.3 cm³/mol. The molecule has 2 amide bonds. The van der Waals surface area contributed by atoms with Crippen LogP contribution in [0.4, 0.5) is 5.69 Å². The van der Waals surface area contributed by atoms with Crippen molar-refractivity contribution < 1.29 is 27.9 Å². The lowest BCUT2D eigenvalue weighted by Gasteiger charge is -2.22. The molecule has 3 atom stereocenters. The van der Waals surface area contributed by atoms with Gasteiger partial charge in [0.1, 0.15) is 6.04 Å². The molecule has 1 fully saturated rings. The molecule has 27 heavy (non-hydrogen) atoms. The summed E-state index contributed by atoms with van der Waals surface area (Å²) in [4.78, 5) is 37.3. The Morgan fingerprint density at radius 2 is 2.07 bits per heavy atom. The molecule has 1 aromatic rings. The summed E-state index contributed by atoms with van der Waals surface area (Å²) in [6, 6.07) is 4.56. The fourth-order valence-corrected chi connectivity index (χ4v) is 3.47. The Morgan fingerprint density at radius 1 is 1.41 bits per heavy atom. The number of nitrogens with two attached hydrogens (primary N) is 1. The van der Waals surface area contributed by atoms with E-state index in [1.54, 1.807) is 13.0 Å². The Kier molecular flexibility index (Phi) is 6.22. The summed E-state index contributed by atoms with van der Waals surface area (Å²) < 4.78 is 23.0. The van der Waals surface area contributed by atoms with Crippen molar-refractivity contribution in [3.8, 4) is 0 Å². The van der Waals surface area contributed by atoms with Gasteiger partial charge in [-0.1, -0.05) is 26.3 Å². The van der Waals surface area contributed by atoms with Crippen LogP contribution in [-0.4, -0.2) is 43.9 Å². The van der Waals surface area contributed by atoms with Crippen LogP contribution in [0, 0.1) is 11.8 Å². The van der Waals surface area contributed by atoms with E-state index in [9.17, 15) is 27.9 Å². The molecule has 1 aliphatic heterocycles. The van der Waals surface area contributed by atoms with Crippen LogP contribution in [0.2, 0.25) is 0 Å². The highest BCUT2D eigenvalue weighted by Gasteiger charge is 2.37. The van der Waals surface area contributed by atoms with E-state index >= 15 is 0 Å². The molecule has 0 aliphatic carbocycles. The number of carboxylic acid groups (broad SMARTS) is 1. The third kappa shape index (κ3) is 4.83. The van der Waals surface area contributed by atoms with E-state index in [1.807, 2.05) is 6.92 Å². The molecular formula is C17H23N3O6S. The van der Waals surface area contributed by atoms with Crippen molar-refractivity contribution in [2.45, 2.75) is 37.6 Å². The number of primary sulfonamides is 1. The quantitative estimate of drug-likeness (QED) is 0.603. The first-order valence-corrected chi connectivity index (χ1v) is 10.1. The van der Waals surface area contributed by atoms with E-state index in [0.717, 1.165) is 0 Å². The third-order valence-corrected chi connectivity index (χ3v) is 5.64. The molecule has 1 aliphatic rings. The van der Waals surface area contributed by atoms with Gasteiger partial charge in [-0.05, 0) is 24.1 Å². The second-order valence-corrected chi connectivity index (χ2v) is 8.22. The Labute approximate surface area is 157 Å². The molecule has 148 valence electrons. The van der Waals surface area contributed by atoms with Gasteiger partial charge in [0.2, 0.25) is 21.8 Å². The smallest absolute Gasteiger partial charge is 0.326 e. The van der Waals surface area contributed by atoms with Crippen LogP contribution in [0.15, 0.2) is 29.2 Å². The highest BCUT2D eigenvalue weighted by molar-refractivity contribution is 7.89. The standard InChI is InChI=1S/C17H23N3O6S/c1-3-10(2)15(17(23)24)19-16(22)11-7-14(21)20(9-11)12-5-4-6-13(8-12)27(18,25)26/h4-6,8,10-11,15H,3,7,9H2,1-2H3,(H,19,22)(H,23,24)(H2,18,25,26)/t10-,11?,15-/m0/s1. The number of anilines is 1. The molecule has 1 unspecified atom stereocenters. The lowest BCUT2D eigenvalue weighted by Crippen LogP contribution is -2.47. The average molecular weight is 397 g/mol. The summed E-state index contributed by atoms with van der Waals surface area (Å²) in [6.07, 6.45) is 0.492. The van der Waals surface area contributed by atoms with Gasteiger partial charge in [-0.25, -0.2) is 18.4 Å². The van der Waals surface area contributed by atoms with E-state index in [-0.39, 0.29) is 29.7 Å². The third-order valence-electron chi connectivity index (χ3n) is 4.73. The molecule has 0 aromatic heterocycles. The number of aliphatic carboxylic acids is 1. The Balaban J connectivity index is 2.15. The highest BCUT2D eigenvalue weighted by atomic mass is 32.2. The lowest BCUT2D eigenvalue weighted by atomic mass is 9.98. The maximum Gasteiger partial charge on any atom is 0.326 e. The summed E-state index contributed by atoms with van der Waals surface area (Å²) >= 11 is 0. The summed E-state index contributed by atoms with van der Waals surface area (Å²) in [5.41, 5.74) is 0.318. The van der Waals surface area contributed by atoms with Crippen LogP contribution in [0.5, 0.6) is 0 Å². The number of sulfonamides is 1. The molecule has 0 radical (unpaired) electrons. The summed E-state index contributed by atoms with van der Waals surface area (Å²) in [5, 5.41) is 16.9. The van der Waals surface area contributed by atoms with Crippen LogP contribution in [0.3, 0.4) is 0 Å². The van der Waals surface area contributed by atoms with Gasteiger partial charge in [-0.15, -0.1) is 0 Å². The van der Waals surface area contributed by atoms with Crippen molar-refractivity contribution in [2.75, 3.05) is 11.4 Å². The predicted octanol–water partition coefficient (Wildman–Crippen LogP) is 0.302. The minimum absolute atomic E-state index is 0.0333. The molecule has 0 saturated carbocycles. The van der Waals surface area contributed by atoms with Gasteiger partial charge in [-0.3, -0.25) is 9.59 Å². The van der Waals surface area contributed by atoms with Crippen molar-refractivity contribution in [2.24, 2.45) is 17.0 Å². The number of carboxylic acids is 1. The van der Waals surface area contributed by atoms with Gasteiger partial charge in [0.15, 0.2) is 0 Å². The van der Waals surface area contributed by atoms with E-state index in [1.165, 1.54) is 23.1 Å². The van der Waals surface area contributed by atoms with E-state index in [2.05, 4.69) is 5.32 Å². The van der Waals surface area contributed by atoms with E-state index in [4.69, 9.17) is 5.14 Å². The molecule has 9 nitrogen and oxygen atoms in total. The number of amides is 2. The molecule has 2 rings (SSSR count). The first-order valence-electron chi connectivity index (χ1n) is 8.51. The zero-order valence-corrected chi connectivity index (χ0v) is 15.9. The molecular weight excluding hydrogens is 374 g/mol. The van der Waals surface area contributed by atoms with Crippen LogP contribution in [0.25, 0.3) is 0 Å². The molecule has 10 heteroatoms. The van der Waals surface area contributed by atoms with E-state index in [0.29, 0.717) is 12.1 Å². The van der Waals surface area contributed by atoms with Crippen LogP contribution >= 0.6 is 0 Å². The lowest BCUT2D eigenvalue weighted by molar-refractivity contribution is -0.143. The zero-order chi connectivity index (χ0) is 20.4. The van der Waals surface area contributed by atoms with Gasteiger partial charge in [0.05, 0.1) is 10.8 Å². The van der Waals surface area contributed by atoms with Crippen molar-refractivity contribution in [1.82, 2.24) is 5.32 Å². The summed E-state index contributed by atoms with van der Waals surface area (Å²) in [6.45, 7) is 3.58. The van der Waals surface area contributed by atoms with Gasteiger partial charge in [0.25, 0.3) is 0 Å². The minimum atomic E-state index is -3.92. The van der Waals surface area contributed by atoms with Crippen molar-refractivity contribution in [3.63, 3.8) is 0 Å². The normalized spacial score (nSPS) is 19.6. The largest absolute Gasteiger partial charge is 0.480 e. The number of hydrogen-bond acceptors (Lipinski definition) is 5. The van der Waals surface area contributed by atoms with Gasteiger partial charge in [-0.2, -0.15) is 0 Å². The van der Waals surface area contributed by atoms with Crippen molar-refractivity contribution in [1.29, 1.82) is 0 Å². The summed E-state index contributed by atoms with van der Waals surface area (Å²) in [5.74, 6) is -2.97. The second-order valence-electron chi connectivity index (χ2n) is 6.66. The first-order chi connectivity index (χ1) is 12.5. The van der Waals surface area contributed by atoms with E-state index < -0.39 is 33.9 Å². The van der Waals surface area contributed by atoms with Gasteiger partial charge in [0, 0.05) is 18.7 Å². The number of nitrogens with one attached hydrogen (secondary N) is 1. The SMILES string of the molecule is CC[C@H](C)[C@H](NC(=O)C1CC(=O)N(c2cccc(S(N)(=O)=O)c2)C1)C(=O)O. The molecule has 1 aromatic carbocycles. The molecule has 0 spiro atoms. The number of benzene rings is 1. The first kappa shape index (κ1) is 20.8. The molecule has 1 saturated heterocycles. The number of carbonyl (C=O) groups excluding carboxylic acids is 2. The number of rotatable bonds is 7. The van der Waals surface area contributed by atoms with Crippen LogP contribution < -0.4 is 15.4 Å². The highest BCUT2D eigenvalue weighted by Crippen LogP contribution is 2.27. The van der Waals surface area contributed by atoms with Gasteiger partial charge < -0.3 is 15.3 Å². The fourth-order valence-electron chi connectivity index (χ4n) is 2.92. The molecule has 4 N–H and O–H groups in total. The van der Waals surface area contributed by atoms with Crippen LogP contribution in [-0.2, 0) is 24.4 Å². The monoisotopic (exact) mass is 397 g/mol. The van der Waals surface area contributed by atoms with Crippen molar-refractivity contribution >= 4 is 33.5 Å². The molecule has 1 heterocycles. The number of hydrogen-bond donors (Lipinski definition) is 3. The Bertz CT molecular complexity index is 854. The maximum absolute atomic E-state index is 12.5. The van der Waals surface area contributed by atoms with Crippen molar-refractivity contribution in [3.05, 3.63) is 24.3 Å². The molecule has 0 bridgehead atoms. The fraction of sp³-hybridized carbons (Fsp3) is 0.471. The number of carbonyl (C=O) groups is 3. The Hall–Kier alpha value is -2.46. The minimum Gasteiger partial charge on any atom is -0.480 e. The second kappa shape index (κ2) is 8.05. The number of nitrogens with zero attached hydrogens (tertiary/aromatic N) is 1. The average Bonchev–Trinajstić information content (AvgIpc) is 2.99.